The fourth-order valence-electron chi connectivity index (χ4n) is 1.67. The quantitative estimate of drug-likeness (QED) is 0.684. The highest BCUT2D eigenvalue weighted by molar-refractivity contribution is 7.88. The van der Waals surface area contributed by atoms with Crippen molar-refractivity contribution in [2.45, 2.75) is 13.8 Å². The molecule has 1 aliphatic rings. The standard InChI is InChI=1S/C8H18N2O2S/c1-7-4-10(13(3,11)12)6-8(7,2)5-9/h7H,4-6,9H2,1-3H3. The Bertz CT molecular complexity index is 289. The maximum atomic E-state index is 11.3. The minimum absolute atomic E-state index is 0.0525. The van der Waals surface area contributed by atoms with Gasteiger partial charge in [-0.15, -0.1) is 0 Å². The Kier molecular flexibility index (Phi) is 2.71. The van der Waals surface area contributed by atoms with Gasteiger partial charge in [0.15, 0.2) is 0 Å². The summed E-state index contributed by atoms with van der Waals surface area (Å²) < 4.78 is 24.1. The van der Waals surface area contributed by atoms with Gasteiger partial charge in [0.05, 0.1) is 6.26 Å². The van der Waals surface area contributed by atoms with Crippen molar-refractivity contribution in [2.75, 3.05) is 25.9 Å². The topological polar surface area (TPSA) is 63.4 Å². The highest BCUT2D eigenvalue weighted by Gasteiger charge is 2.42. The first-order chi connectivity index (χ1) is 5.79. The number of rotatable bonds is 2. The highest BCUT2D eigenvalue weighted by atomic mass is 32.2. The Morgan fingerprint density at radius 1 is 1.62 bits per heavy atom. The van der Waals surface area contributed by atoms with Crippen LogP contribution in [0.5, 0.6) is 0 Å². The van der Waals surface area contributed by atoms with Gasteiger partial charge in [0.1, 0.15) is 0 Å². The van der Waals surface area contributed by atoms with Crippen LogP contribution in [0.15, 0.2) is 0 Å². The molecule has 1 fully saturated rings. The second kappa shape index (κ2) is 3.22. The second-order valence-electron chi connectivity index (χ2n) is 4.31. The van der Waals surface area contributed by atoms with Crippen molar-refractivity contribution in [1.29, 1.82) is 0 Å². The largest absolute Gasteiger partial charge is 0.330 e. The molecule has 2 N–H and O–H groups in total. The third-order valence-corrected chi connectivity index (χ3v) is 4.36. The fraction of sp³-hybridized carbons (Fsp3) is 1.00. The summed E-state index contributed by atoms with van der Waals surface area (Å²) in [7, 11) is -3.04. The van der Waals surface area contributed by atoms with Gasteiger partial charge in [-0.1, -0.05) is 13.8 Å². The van der Waals surface area contributed by atoms with Crippen LogP contribution in [0.3, 0.4) is 0 Å². The normalized spacial score (nSPS) is 36.8. The minimum atomic E-state index is -3.04. The molecule has 0 aromatic rings. The van der Waals surface area contributed by atoms with Crippen LogP contribution in [0.1, 0.15) is 13.8 Å². The Hall–Kier alpha value is -0.130. The van der Waals surface area contributed by atoms with Gasteiger partial charge >= 0.3 is 0 Å². The zero-order valence-electron chi connectivity index (χ0n) is 8.45. The van der Waals surface area contributed by atoms with E-state index in [-0.39, 0.29) is 5.41 Å². The summed E-state index contributed by atoms with van der Waals surface area (Å²) in [6, 6.07) is 0. The van der Waals surface area contributed by atoms with E-state index in [2.05, 4.69) is 6.92 Å². The number of hydrogen-bond acceptors (Lipinski definition) is 3. The first kappa shape index (κ1) is 10.9. The fourth-order valence-corrected chi connectivity index (χ4v) is 2.69. The summed E-state index contributed by atoms with van der Waals surface area (Å²) in [6.07, 6.45) is 1.25. The molecule has 1 rings (SSSR count). The van der Waals surface area contributed by atoms with E-state index in [9.17, 15) is 8.42 Å². The lowest BCUT2D eigenvalue weighted by molar-refractivity contribution is 0.281. The van der Waals surface area contributed by atoms with Gasteiger partial charge in [0, 0.05) is 13.1 Å². The maximum Gasteiger partial charge on any atom is 0.211 e. The third-order valence-electron chi connectivity index (χ3n) is 3.14. The lowest BCUT2D eigenvalue weighted by Crippen LogP contribution is -2.35. The SMILES string of the molecule is CC1CN(S(C)(=O)=O)CC1(C)CN. The Labute approximate surface area is 80.1 Å². The molecule has 0 aromatic heterocycles. The van der Waals surface area contributed by atoms with Crippen molar-refractivity contribution < 1.29 is 8.42 Å². The molecule has 0 bridgehead atoms. The van der Waals surface area contributed by atoms with Crippen LogP contribution in [-0.4, -0.2) is 38.6 Å². The summed E-state index contributed by atoms with van der Waals surface area (Å²) >= 11 is 0. The molecule has 0 aromatic carbocycles. The van der Waals surface area contributed by atoms with E-state index in [0.29, 0.717) is 25.6 Å². The van der Waals surface area contributed by atoms with E-state index in [1.807, 2.05) is 6.92 Å². The predicted octanol–water partition coefficient (Wildman–Crippen LogP) is -0.137. The highest BCUT2D eigenvalue weighted by Crippen LogP contribution is 2.35. The number of nitrogens with zero attached hydrogens (tertiary/aromatic N) is 1. The molecule has 1 heterocycles. The first-order valence-electron chi connectivity index (χ1n) is 4.45. The van der Waals surface area contributed by atoms with Crippen LogP contribution in [0.2, 0.25) is 0 Å². The van der Waals surface area contributed by atoms with Gasteiger partial charge in [0.25, 0.3) is 0 Å². The van der Waals surface area contributed by atoms with E-state index >= 15 is 0 Å². The molecule has 0 amide bonds. The molecule has 2 unspecified atom stereocenters. The minimum Gasteiger partial charge on any atom is -0.330 e. The van der Waals surface area contributed by atoms with Crippen molar-refractivity contribution in [3.8, 4) is 0 Å². The molecule has 1 aliphatic heterocycles. The summed E-state index contributed by atoms with van der Waals surface area (Å²) in [5, 5.41) is 0. The number of sulfonamides is 1. The second-order valence-corrected chi connectivity index (χ2v) is 6.30. The summed E-state index contributed by atoms with van der Waals surface area (Å²) in [4.78, 5) is 0. The Balaban J connectivity index is 2.83. The molecule has 0 aliphatic carbocycles. The molecule has 2 atom stereocenters. The average Bonchev–Trinajstić information content (AvgIpc) is 2.29. The smallest absolute Gasteiger partial charge is 0.211 e. The summed E-state index contributed by atoms with van der Waals surface area (Å²) in [5.41, 5.74) is 5.59. The molecule has 0 spiro atoms. The van der Waals surface area contributed by atoms with Crippen LogP contribution in [0.25, 0.3) is 0 Å². The molecule has 5 heteroatoms. The maximum absolute atomic E-state index is 11.3. The van der Waals surface area contributed by atoms with Crippen molar-refractivity contribution >= 4 is 10.0 Å². The zero-order chi connectivity index (χ0) is 10.3. The summed E-state index contributed by atoms with van der Waals surface area (Å²) in [6.45, 7) is 5.80. The molecule has 13 heavy (non-hydrogen) atoms. The van der Waals surface area contributed by atoms with Crippen LogP contribution < -0.4 is 5.73 Å². The lowest BCUT2D eigenvalue weighted by Gasteiger charge is -2.25. The van der Waals surface area contributed by atoms with Crippen molar-refractivity contribution in [2.24, 2.45) is 17.1 Å². The molecule has 4 nitrogen and oxygen atoms in total. The monoisotopic (exact) mass is 206 g/mol. The first-order valence-corrected chi connectivity index (χ1v) is 6.29. The lowest BCUT2D eigenvalue weighted by atomic mass is 9.81. The van der Waals surface area contributed by atoms with Crippen LogP contribution in [0, 0.1) is 11.3 Å². The average molecular weight is 206 g/mol. The van der Waals surface area contributed by atoms with Crippen LogP contribution in [-0.2, 0) is 10.0 Å². The van der Waals surface area contributed by atoms with Gasteiger partial charge in [0.2, 0.25) is 10.0 Å². The Morgan fingerprint density at radius 2 is 2.15 bits per heavy atom. The number of hydrogen-bond donors (Lipinski definition) is 1. The van der Waals surface area contributed by atoms with Gasteiger partial charge < -0.3 is 5.73 Å². The summed E-state index contributed by atoms with van der Waals surface area (Å²) in [5.74, 6) is 0.340. The third kappa shape index (κ3) is 2.03. The van der Waals surface area contributed by atoms with Gasteiger partial charge in [-0.2, -0.15) is 0 Å². The van der Waals surface area contributed by atoms with E-state index in [1.165, 1.54) is 10.6 Å². The van der Waals surface area contributed by atoms with Crippen molar-refractivity contribution in [3.63, 3.8) is 0 Å². The van der Waals surface area contributed by atoms with Crippen LogP contribution >= 0.6 is 0 Å². The van der Waals surface area contributed by atoms with E-state index in [4.69, 9.17) is 5.73 Å². The van der Waals surface area contributed by atoms with Gasteiger partial charge in [-0.3, -0.25) is 0 Å². The molecule has 0 saturated carbocycles. The molecule has 1 saturated heterocycles. The Morgan fingerprint density at radius 3 is 2.38 bits per heavy atom. The van der Waals surface area contributed by atoms with Crippen molar-refractivity contribution in [1.82, 2.24) is 4.31 Å². The van der Waals surface area contributed by atoms with Crippen molar-refractivity contribution in [3.05, 3.63) is 0 Å². The van der Waals surface area contributed by atoms with Gasteiger partial charge in [-0.25, -0.2) is 12.7 Å². The van der Waals surface area contributed by atoms with Gasteiger partial charge in [-0.05, 0) is 17.9 Å². The zero-order valence-corrected chi connectivity index (χ0v) is 9.26. The molecular weight excluding hydrogens is 188 g/mol. The molecular formula is C8H18N2O2S. The van der Waals surface area contributed by atoms with Crippen LogP contribution in [0.4, 0.5) is 0 Å². The predicted molar refractivity (Wildman–Crippen MR) is 52.7 cm³/mol. The molecule has 78 valence electrons. The van der Waals surface area contributed by atoms with E-state index < -0.39 is 10.0 Å². The molecule has 0 radical (unpaired) electrons. The number of nitrogens with two attached hydrogens (primary N) is 1. The van der Waals surface area contributed by atoms with E-state index in [0.717, 1.165) is 0 Å². The van der Waals surface area contributed by atoms with E-state index in [1.54, 1.807) is 0 Å².